The minimum atomic E-state index is -2.75. The van der Waals surface area contributed by atoms with Crippen molar-refractivity contribution in [3.63, 3.8) is 0 Å². The van der Waals surface area contributed by atoms with Crippen molar-refractivity contribution in [3.8, 4) is 5.75 Å². The van der Waals surface area contributed by atoms with Crippen LogP contribution in [0.15, 0.2) is 158 Å². The number of rotatable bonds is 18. The maximum Gasteiger partial charge on any atom is 0.261 e. The van der Waals surface area contributed by atoms with Crippen LogP contribution in [-0.2, 0) is 57.4 Å². The average Bonchev–Trinajstić information content (AvgIpc) is 3.81. The van der Waals surface area contributed by atoms with E-state index < -0.39 is 13.9 Å². The molecule has 9 nitrogen and oxygen atoms in total. The first-order chi connectivity index (χ1) is 37.7. The van der Waals surface area contributed by atoms with E-state index >= 15 is 0 Å². The molecule has 0 aromatic heterocycles. The van der Waals surface area contributed by atoms with Gasteiger partial charge in [-0.25, -0.2) is 0 Å². The summed E-state index contributed by atoms with van der Waals surface area (Å²) in [6.45, 7) is 17.2. The fourth-order valence-corrected chi connectivity index (χ4v) is 19.4. The highest BCUT2D eigenvalue weighted by atomic mass is 28.4. The molecule has 0 unspecified atom stereocenters. The molecule has 5 aromatic carbocycles. The van der Waals surface area contributed by atoms with Gasteiger partial charge in [0.05, 0.1) is 87.5 Å². The van der Waals surface area contributed by atoms with E-state index in [2.05, 4.69) is 175 Å². The van der Waals surface area contributed by atoms with Crippen molar-refractivity contribution in [2.45, 2.75) is 185 Å². The zero-order valence-corrected chi connectivity index (χ0v) is 48.4. The quantitative estimate of drug-likeness (QED) is 0.0484. The molecule has 10 heteroatoms. The highest BCUT2D eigenvalue weighted by Gasteiger charge is 2.58. The van der Waals surface area contributed by atoms with E-state index in [9.17, 15) is 0 Å². The van der Waals surface area contributed by atoms with Crippen molar-refractivity contribution in [3.05, 3.63) is 174 Å². The summed E-state index contributed by atoms with van der Waals surface area (Å²) in [6.07, 6.45) is 12.5. The summed E-state index contributed by atoms with van der Waals surface area (Å²) in [7, 11) is -1.03. The Morgan fingerprint density at radius 3 is 1.69 bits per heavy atom. The average molecular weight is 1080 g/mol. The standard InChI is InChI=1S/C68H86O9Si/c1-65(2,3)78(54-24-16-10-17-25-54,55-26-18-11-19-27-55)73-37-34-67(5)47-66(4)33-32-56-51(38-52(66)40-63(67)71-46-50-28-30-53(69-7)31-29-50)39-57-58(74-56)41-59-60(75-57)42-62-61(76-59)43-64(72-45-49-22-14-9-15-23-49)68(6,77-62)35-36-70-44-48-20-12-8-13-21-48/h8-33,51-52,56-64H,34-47H2,1-7H3/t51-,52+,56+,57+,58-,59+,60-,61-,62+,63-,64+,66+,67-,68-/m1/s1. The molecule has 78 heavy (non-hydrogen) atoms. The van der Waals surface area contributed by atoms with Crippen LogP contribution in [0.1, 0.15) is 116 Å². The van der Waals surface area contributed by atoms with Crippen LogP contribution >= 0.6 is 0 Å². The Bertz CT molecular complexity index is 2680. The summed E-state index contributed by atoms with van der Waals surface area (Å²) in [5, 5.41) is 2.51. The largest absolute Gasteiger partial charge is 0.497 e. The van der Waals surface area contributed by atoms with Crippen LogP contribution in [0.25, 0.3) is 0 Å². The first-order valence-electron chi connectivity index (χ1n) is 29.3. The van der Waals surface area contributed by atoms with Gasteiger partial charge in [-0.05, 0) is 106 Å². The molecule has 0 spiro atoms. The van der Waals surface area contributed by atoms with Crippen molar-refractivity contribution in [2.75, 3.05) is 20.3 Å². The Labute approximate surface area is 466 Å². The van der Waals surface area contributed by atoms with Crippen LogP contribution in [0, 0.1) is 22.7 Å². The normalized spacial score (nSPS) is 33.6. The van der Waals surface area contributed by atoms with E-state index in [-0.39, 0.29) is 70.8 Å². The molecule has 11 rings (SSSR count). The Balaban J connectivity index is 0.790. The van der Waals surface area contributed by atoms with Gasteiger partial charge in [-0.1, -0.05) is 180 Å². The molecule has 14 atom stereocenters. The summed E-state index contributed by atoms with van der Waals surface area (Å²) in [5.74, 6) is 1.60. The molecule has 0 bridgehead atoms. The van der Waals surface area contributed by atoms with Gasteiger partial charge in [-0.15, -0.1) is 0 Å². The van der Waals surface area contributed by atoms with E-state index in [0.717, 1.165) is 74.7 Å². The number of hydrogen-bond acceptors (Lipinski definition) is 9. The molecule has 6 aliphatic rings. The molecule has 4 heterocycles. The van der Waals surface area contributed by atoms with Crippen LogP contribution < -0.4 is 15.1 Å². The molecule has 5 aromatic rings. The van der Waals surface area contributed by atoms with Gasteiger partial charge in [0.15, 0.2) is 0 Å². The van der Waals surface area contributed by atoms with Gasteiger partial charge < -0.3 is 42.3 Å². The number of benzene rings is 5. The summed E-state index contributed by atoms with van der Waals surface area (Å²) < 4.78 is 62.2. The minimum Gasteiger partial charge on any atom is -0.497 e. The number of methoxy groups -OCH3 is 1. The Morgan fingerprint density at radius 2 is 1.08 bits per heavy atom. The molecule has 1 saturated carbocycles. The molecule has 0 radical (unpaired) electrons. The van der Waals surface area contributed by atoms with E-state index in [4.69, 9.17) is 42.3 Å². The second kappa shape index (κ2) is 23.6. The monoisotopic (exact) mass is 1070 g/mol. The molecule has 2 aliphatic carbocycles. The van der Waals surface area contributed by atoms with Crippen molar-refractivity contribution >= 4 is 18.7 Å². The summed E-state index contributed by atoms with van der Waals surface area (Å²) in [5.41, 5.74) is 2.70. The fraction of sp³-hybridized carbons (Fsp3) is 0.529. The molecule has 4 aliphatic heterocycles. The predicted molar refractivity (Wildman–Crippen MR) is 309 cm³/mol. The Kier molecular flexibility index (Phi) is 16.7. The first kappa shape index (κ1) is 55.4. The van der Waals surface area contributed by atoms with Crippen molar-refractivity contribution in [1.29, 1.82) is 0 Å². The van der Waals surface area contributed by atoms with Crippen molar-refractivity contribution < 1.29 is 42.3 Å². The maximum atomic E-state index is 7.63. The van der Waals surface area contributed by atoms with Crippen molar-refractivity contribution in [2.24, 2.45) is 22.7 Å². The molecule has 5 fully saturated rings. The molecular formula is C68H86O9Si. The number of fused-ring (bicyclic) bond motifs is 5. The van der Waals surface area contributed by atoms with E-state index in [1.807, 2.05) is 24.3 Å². The molecular weight excluding hydrogens is 989 g/mol. The molecule has 4 saturated heterocycles. The van der Waals surface area contributed by atoms with E-state index in [1.165, 1.54) is 15.9 Å². The summed E-state index contributed by atoms with van der Waals surface area (Å²) in [6, 6.07) is 51.2. The lowest BCUT2D eigenvalue weighted by atomic mass is 9.55. The predicted octanol–water partition coefficient (Wildman–Crippen LogP) is 12.8. The number of allylic oxidation sites excluding steroid dienone is 1. The van der Waals surface area contributed by atoms with Gasteiger partial charge >= 0.3 is 0 Å². The third kappa shape index (κ3) is 11.8. The number of hydrogen-bond donors (Lipinski definition) is 0. The van der Waals surface area contributed by atoms with Gasteiger partial charge in [-0.3, -0.25) is 0 Å². The first-order valence-corrected chi connectivity index (χ1v) is 31.2. The lowest BCUT2D eigenvalue weighted by molar-refractivity contribution is -0.316. The van der Waals surface area contributed by atoms with Crippen LogP contribution in [0.4, 0.5) is 0 Å². The minimum absolute atomic E-state index is 0.00308. The highest BCUT2D eigenvalue weighted by molar-refractivity contribution is 6.99. The summed E-state index contributed by atoms with van der Waals surface area (Å²) >= 11 is 0. The van der Waals surface area contributed by atoms with E-state index in [0.29, 0.717) is 44.9 Å². The van der Waals surface area contributed by atoms with Gasteiger partial charge in [0, 0.05) is 38.9 Å². The third-order valence-corrected chi connectivity index (χ3v) is 24.2. The Hall–Kier alpha value is -4.46. The zero-order chi connectivity index (χ0) is 54.0. The Morgan fingerprint density at radius 1 is 0.538 bits per heavy atom. The van der Waals surface area contributed by atoms with Crippen LogP contribution in [0.2, 0.25) is 5.04 Å². The fourth-order valence-electron chi connectivity index (χ4n) is 14.8. The van der Waals surface area contributed by atoms with E-state index in [1.54, 1.807) is 7.11 Å². The second-order valence-corrected chi connectivity index (χ2v) is 29.9. The van der Waals surface area contributed by atoms with Crippen molar-refractivity contribution in [1.82, 2.24) is 0 Å². The van der Waals surface area contributed by atoms with Gasteiger partial charge in [0.25, 0.3) is 8.32 Å². The lowest BCUT2D eigenvalue weighted by Crippen LogP contribution is -2.66. The zero-order valence-electron chi connectivity index (χ0n) is 47.4. The lowest BCUT2D eigenvalue weighted by Gasteiger charge is -2.55. The van der Waals surface area contributed by atoms with Crippen LogP contribution in [0.3, 0.4) is 0 Å². The maximum absolute atomic E-state index is 7.63. The van der Waals surface area contributed by atoms with Crippen LogP contribution in [0.5, 0.6) is 5.75 Å². The third-order valence-electron chi connectivity index (χ3n) is 19.2. The van der Waals surface area contributed by atoms with Gasteiger partial charge in [0.1, 0.15) is 5.75 Å². The number of ether oxygens (including phenoxy) is 8. The van der Waals surface area contributed by atoms with Gasteiger partial charge in [0.2, 0.25) is 0 Å². The van der Waals surface area contributed by atoms with Gasteiger partial charge in [-0.2, -0.15) is 0 Å². The SMILES string of the molecule is COc1ccc(CO[C@@H]2C[C@@H]3C[C@@H]4C[C@@H]5O[C@@H]6C[C@@H]7O[C@](C)(CCOCc8ccccc8)[C@@H](OCc8ccccc8)C[C@H]7O[C@H]6C[C@H]5O[C@H]4C=C[C@@]3(C)C[C@@]2(C)CCO[Si](c2ccccc2)(c2ccccc2)C(C)(C)C)cc1. The van der Waals surface area contributed by atoms with Crippen LogP contribution in [-0.4, -0.2) is 89.2 Å². The topological polar surface area (TPSA) is 83.1 Å². The highest BCUT2D eigenvalue weighted by Crippen LogP contribution is 2.58. The molecule has 0 amide bonds. The molecule has 0 N–H and O–H groups in total. The molecule has 416 valence electrons. The summed E-state index contributed by atoms with van der Waals surface area (Å²) in [4.78, 5) is 0. The smallest absolute Gasteiger partial charge is 0.261 e. The second-order valence-electron chi connectivity index (χ2n) is 25.6.